The molecule has 1 saturated heterocycles. The van der Waals surface area contributed by atoms with Crippen LogP contribution in [0, 0.1) is 5.92 Å². The van der Waals surface area contributed by atoms with E-state index in [1.165, 1.54) is 0 Å². The lowest BCUT2D eigenvalue weighted by atomic mass is 10.1. The average Bonchev–Trinajstić information content (AvgIpc) is 3.15. The molecule has 5 heteroatoms. The van der Waals surface area contributed by atoms with Crippen molar-refractivity contribution in [3.63, 3.8) is 0 Å². The number of carbonyl (C=O) groups is 2. The minimum atomic E-state index is -0.626. The van der Waals surface area contributed by atoms with Crippen molar-refractivity contribution in [2.24, 2.45) is 5.92 Å². The molecule has 1 atom stereocenters. The molecule has 2 amide bonds. The summed E-state index contributed by atoms with van der Waals surface area (Å²) in [6.45, 7) is 1.03. The molecule has 1 N–H and O–H groups in total. The standard InChI is InChI=1S/C24H24N2O3/c1-29-22-9-5-4-7-18(22)12-14-25-23(27)21-13-15-26(24(21)28)20-11-10-17-6-2-3-8-19(17)16-20/h2-11,16,21H,12-15H2,1H3,(H,25,27). The summed E-state index contributed by atoms with van der Waals surface area (Å²) >= 11 is 0. The Morgan fingerprint density at radius 2 is 1.83 bits per heavy atom. The van der Waals surface area contributed by atoms with Gasteiger partial charge in [0.2, 0.25) is 11.8 Å². The molecule has 4 rings (SSSR count). The highest BCUT2D eigenvalue weighted by atomic mass is 16.5. The Morgan fingerprint density at radius 1 is 1.07 bits per heavy atom. The van der Waals surface area contributed by atoms with Crippen LogP contribution in [0.2, 0.25) is 0 Å². The van der Waals surface area contributed by atoms with E-state index in [0.29, 0.717) is 25.9 Å². The first kappa shape index (κ1) is 19.0. The lowest BCUT2D eigenvalue weighted by molar-refractivity contribution is -0.132. The fourth-order valence-electron chi connectivity index (χ4n) is 3.88. The van der Waals surface area contributed by atoms with E-state index in [0.717, 1.165) is 27.8 Å². The Bertz CT molecular complexity index is 1050. The predicted molar refractivity (Wildman–Crippen MR) is 114 cm³/mol. The lowest BCUT2D eigenvalue weighted by Gasteiger charge is -2.17. The highest BCUT2D eigenvalue weighted by Gasteiger charge is 2.37. The zero-order valence-electron chi connectivity index (χ0n) is 16.4. The summed E-state index contributed by atoms with van der Waals surface area (Å²) in [6, 6.07) is 21.8. The highest BCUT2D eigenvalue weighted by Crippen LogP contribution is 2.28. The van der Waals surface area contributed by atoms with Crippen molar-refractivity contribution < 1.29 is 14.3 Å². The molecule has 148 valence electrons. The molecule has 1 aliphatic heterocycles. The summed E-state index contributed by atoms with van der Waals surface area (Å²) in [5.74, 6) is -0.149. The first-order valence-electron chi connectivity index (χ1n) is 9.87. The van der Waals surface area contributed by atoms with Gasteiger partial charge in [0.15, 0.2) is 0 Å². The maximum atomic E-state index is 12.9. The Kier molecular flexibility index (Phi) is 5.47. The number of benzene rings is 3. The molecule has 3 aromatic carbocycles. The van der Waals surface area contributed by atoms with E-state index in [1.807, 2.05) is 66.7 Å². The second-order valence-electron chi connectivity index (χ2n) is 7.22. The van der Waals surface area contributed by atoms with Crippen LogP contribution in [-0.4, -0.2) is 32.0 Å². The van der Waals surface area contributed by atoms with Gasteiger partial charge in [-0.3, -0.25) is 9.59 Å². The maximum Gasteiger partial charge on any atom is 0.239 e. The summed E-state index contributed by atoms with van der Waals surface area (Å²) in [7, 11) is 1.63. The fourth-order valence-corrected chi connectivity index (χ4v) is 3.88. The van der Waals surface area contributed by atoms with Crippen molar-refractivity contribution >= 4 is 28.3 Å². The number of anilines is 1. The van der Waals surface area contributed by atoms with Gasteiger partial charge in [-0.15, -0.1) is 0 Å². The Hall–Kier alpha value is -3.34. The molecule has 0 radical (unpaired) electrons. The van der Waals surface area contributed by atoms with Gasteiger partial charge in [0.1, 0.15) is 11.7 Å². The molecule has 0 aliphatic carbocycles. The maximum absolute atomic E-state index is 12.9. The first-order chi connectivity index (χ1) is 14.2. The summed E-state index contributed by atoms with van der Waals surface area (Å²) < 4.78 is 5.34. The van der Waals surface area contributed by atoms with E-state index in [2.05, 4.69) is 5.32 Å². The number of ether oxygens (including phenoxy) is 1. The van der Waals surface area contributed by atoms with E-state index in [9.17, 15) is 9.59 Å². The Morgan fingerprint density at radius 3 is 2.66 bits per heavy atom. The van der Waals surface area contributed by atoms with Crippen LogP contribution in [0.4, 0.5) is 5.69 Å². The van der Waals surface area contributed by atoms with Crippen LogP contribution in [0.1, 0.15) is 12.0 Å². The second kappa shape index (κ2) is 8.35. The third kappa shape index (κ3) is 3.94. The fraction of sp³-hybridized carbons (Fsp3) is 0.250. The number of hydrogen-bond acceptors (Lipinski definition) is 3. The number of nitrogens with one attached hydrogen (secondary N) is 1. The van der Waals surface area contributed by atoms with Crippen molar-refractivity contribution in [3.8, 4) is 5.75 Å². The van der Waals surface area contributed by atoms with Gasteiger partial charge in [0.05, 0.1) is 7.11 Å². The molecule has 1 fully saturated rings. The van der Waals surface area contributed by atoms with Gasteiger partial charge in [0.25, 0.3) is 0 Å². The predicted octanol–water partition coefficient (Wildman–Crippen LogP) is 3.56. The first-order valence-corrected chi connectivity index (χ1v) is 9.87. The molecule has 0 aromatic heterocycles. The van der Waals surface area contributed by atoms with Crippen molar-refractivity contribution in [2.45, 2.75) is 12.8 Å². The van der Waals surface area contributed by atoms with E-state index < -0.39 is 5.92 Å². The van der Waals surface area contributed by atoms with Gasteiger partial charge < -0.3 is 15.0 Å². The third-order valence-electron chi connectivity index (χ3n) is 5.45. The largest absolute Gasteiger partial charge is 0.496 e. The average molecular weight is 388 g/mol. The minimum absolute atomic E-state index is 0.130. The van der Waals surface area contributed by atoms with Crippen molar-refractivity contribution in [1.29, 1.82) is 0 Å². The Labute approximate surface area is 170 Å². The molecule has 0 bridgehead atoms. The minimum Gasteiger partial charge on any atom is -0.496 e. The van der Waals surface area contributed by atoms with E-state index in [1.54, 1.807) is 12.0 Å². The molecule has 3 aromatic rings. The summed E-state index contributed by atoms with van der Waals surface area (Å²) in [4.78, 5) is 27.2. The van der Waals surface area contributed by atoms with Gasteiger partial charge in [-0.1, -0.05) is 48.5 Å². The van der Waals surface area contributed by atoms with Gasteiger partial charge in [-0.2, -0.15) is 0 Å². The van der Waals surface area contributed by atoms with Crippen molar-refractivity contribution in [1.82, 2.24) is 5.32 Å². The summed E-state index contributed by atoms with van der Waals surface area (Å²) in [5, 5.41) is 5.13. The molecule has 1 unspecified atom stereocenters. The molecule has 5 nitrogen and oxygen atoms in total. The number of nitrogens with zero attached hydrogens (tertiary/aromatic N) is 1. The van der Waals surface area contributed by atoms with Gasteiger partial charge in [-0.25, -0.2) is 0 Å². The van der Waals surface area contributed by atoms with Gasteiger partial charge >= 0.3 is 0 Å². The monoisotopic (exact) mass is 388 g/mol. The number of carbonyl (C=O) groups excluding carboxylic acids is 2. The van der Waals surface area contributed by atoms with Crippen LogP contribution in [-0.2, 0) is 16.0 Å². The molecule has 0 spiro atoms. The van der Waals surface area contributed by atoms with E-state index in [4.69, 9.17) is 4.74 Å². The van der Waals surface area contributed by atoms with Crippen LogP contribution in [0.15, 0.2) is 66.7 Å². The van der Waals surface area contributed by atoms with Crippen LogP contribution >= 0.6 is 0 Å². The second-order valence-corrected chi connectivity index (χ2v) is 7.22. The van der Waals surface area contributed by atoms with Crippen LogP contribution in [0.25, 0.3) is 10.8 Å². The van der Waals surface area contributed by atoms with Gasteiger partial charge in [0, 0.05) is 18.8 Å². The number of hydrogen-bond donors (Lipinski definition) is 1. The molecule has 29 heavy (non-hydrogen) atoms. The molecule has 0 saturated carbocycles. The van der Waals surface area contributed by atoms with Crippen LogP contribution < -0.4 is 15.0 Å². The third-order valence-corrected chi connectivity index (χ3v) is 5.45. The molecule has 1 heterocycles. The molecular weight excluding hydrogens is 364 g/mol. The SMILES string of the molecule is COc1ccccc1CCNC(=O)C1CCN(c2ccc3ccccc3c2)C1=O. The van der Waals surface area contributed by atoms with Crippen LogP contribution in [0.5, 0.6) is 5.75 Å². The number of fused-ring (bicyclic) bond motifs is 1. The Balaban J connectivity index is 1.38. The van der Waals surface area contributed by atoms with E-state index >= 15 is 0 Å². The van der Waals surface area contributed by atoms with Crippen LogP contribution in [0.3, 0.4) is 0 Å². The smallest absolute Gasteiger partial charge is 0.239 e. The number of amides is 2. The van der Waals surface area contributed by atoms with E-state index in [-0.39, 0.29) is 11.8 Å². The van der Waals surface area contributed by atoms with Crippen molar-refractivity contribution in [2.75, 3.05) is 25.1 Å². The summed E-state index contributed by atoms with van der Waals surface area (Å²) in [5.41, 5.74) is 1.88. The molecular formula is C24H24N2O3. The zero-order valence-corrected chi connectivity index (χ0v) is 16.4. The quantitative estimate of drug-likeness (QED) is 0.657. The lowest BCUT2D eigenvalue weighted by Crippen LogP contribution is -2.37. The van der Waals surface area contributed by atoms with Gasteiger partial charge in [-0.05, 0) is 47.4 Å². The zero-order chi connectivity index (χ0) is 20.2. The summed E-state index contributed by atoms with van der Waals surface area (Å²) in [6.07, 6.45) is 1.19. The van der Waals surface area contributed by atoms with Crippen molar-refractivity contribution in [3.05, 3.63) is 72.3 Å². The number of rotatable bonds is 6. The number of para-hydroxylation sites is 1. The highest BCUT2D eigenvalue weighted by molar-refractivity contribution is 6.10. The topological polar surface area (TPSA) is 58.6 Å². The normalized spacial score (nSPS) is 16.2. The molecule has 1 aliphatic rings. The number of methoxy groups -OCH3 is 1.